The van der Waals surface area contributed by atoms with Crippen molar-refractivity contribution in [1.29, 1.82) is 0 Å². The molecule has 120 valence electrons. The van der Waals surface area contributed by atoms with Crippen LogP contribution in [-0.4, -0.2) is 15.7 Å². The number of imide groups is 1. The summed E-state index contributed by atoms with van der Waals surface area (Å²) in [6, 6.07) is 7.74. The highest BCUT2D eigenvalue weighted by molar-refractivity contribution is 8.18. The monoisotopic (exact) mass is 328 g/mol. The van der Waals surface area contributed by atoms with Crippen molar-refractivity contribution in [2.24, 2.45) is 5.92 Å². The number of carbonyl (C=O) groups excluding carboxylic acids is 2. The number of amides is 2. The minimum absolute atomic E-state index is 0.278. The van der Waals surface area contributed by atoms with E-state index in [1.54, 1.807) is 0 Å². The highest BCUT2D eigenvalue weighted by Gasteiger charge is 2.36. The summed E-state index contributed by atoms with van der Waals surface area (Å²) in [7, 11) is 0. The van der Waals surface area contributed by atoms with E-state index in [9.17, 15) is 9.59 Å². The summed E-state index contributed by atoms with van der Waals surface area (Å²) in [5, 5.41) is 0.649. The number of carbonyl (C=O) groups is 2. The molecule has 0 N–H and O–H groups in total. The summed E-state index contributed by atoms with van der Waals surface area (Å²) in [5.74, 6) is 0.305. The summed E-state index contributed by atoms with van der Waals surface area (Å²) >= 11 is 0.901. The third-order valence-corrected chi connectivity index (χ3v) is 5.25. The van der Waals surface area contributed by atoms with Crippen LogP contribution in [0.5, 0.6) is 0 Å². The normalized spacial score (nSPS) is 15.4. The average Bonchev–Trinajstić information content (AvgIpc) is 3.06. The molecule has 0 spiro atoms. The molecular weight excluding hydrogens is 308 g/mol. The maximum absolute atomic E-state index is 12.2. The molecule has 2 aromatic rings. The number of hydrogen-bond donors (Lipinski definition) is 0. The lowest BCUT2D eigenvalue weighted by Crippen LogP contribution is -2.27. The van der Waals surface area contributed by atoms with Gasteiger partial charge in [-0.3, -0.25) is 9.59 Å². The van der Waals surface area contributed by atoms with E-state index < -0.39 is 0 Å². The Balaban J connectivity index is 2.04. The highest BCUT2D eigenvalue weighted by atomic mass is 32.2. The van der Waals surface area contributed by atoms with Crippen LogP contribution in [0.3, 0.4) is 0 Å². The summed E-state index contributed by atoms with van der Waals surface area (Å²) in [6.07, 6.45) is 4.31. The fraction of sp³-hybridized carbons (Fsp3) is 0.333. The molecule has 0 saturated carbocycles. The first-order valence-corrected chi connectivity index (χ1v) is 8.71. The van der Waals surface area contributed by atoms with Gasteiger partial charge >= 0.3 is 0 Å². The minimum Gasteiger partial charge on any atom is -0.347 e. The number of nitrogens with zero attached hydrogens (tertiary/aromatic N) is 2. The van der Waals surface area contributed by atoms with Crippen molar-refractivity contribution in [3.8, 4) is 0 Å². The molecule has 0 atom stereocenters. The van der Waals surface area contributed by atoms with Gasteiger partial charge in [0.25, 0.3) is 11.1 Å². The largest absolute Gasteiger partial charge is 0.347 e. The Morgan fingerprint density at radius 1 is 1.17 bits per heavy atom. The number of anilines is 1. The first-order valence-electron chi connectivity index (χ1n) is 7.89. The molecule has 4 nitrogen and oxygen atoms in total. The Labute approximate surface area is 140 Å². The molecule has 1 aromatic heterocycles. The lowest BCUT2D eigenvalue weighted by atomic mass is 10.0. The number of hydrogen-bond acceptors (Lipinski definition) is 3. The standard InChI is InChI=1S/C18H20N2O2S/c1-4-13(5-2)11-19-10-9-14-15(19)7-6-8-16(14)20-17(21)12(3)23-18(20)22/h6-10,13H,3-5,11H2,1-2H3. The molecule has 2 amide bonds. The summed E-state index contributed by atoms with van der Waals surface area (Å²) in [4.78, 5) is 25.8. The Kier molecular flexibility index (Phi) is 4.31. The summed E-state index contributed by atoms with van der Waals surface area (Å²) < 4.78 is 2.21. The first kappa shape index (κ1) is 15.9. The van der Waals surface area contributed by atoms with Gasteiger partial charge in [-0.05, 0) is 35.9 Å². The lowest BCUT2D eigenvalue weighted by molar-refractivity contribution is -0.113. The SMILES string of the molecule is C=C1SC(=O)N(c2cccc3c2ccn3CC(CC)CC)C1=O. The molecule has 2 heterocycles. The van der Waals surface area contributed by atoms with Gasteiger partial charge in [-0.2, -0.15) is 0 Å². The van der Waals surface area contributed by atoms with E-state index >= 15 is 0 Å². The third kappa shape index (κ3) is 2.70. The van der Waals surface area contributed by atoms with E-state index in [2.05, 4.69) is 25.0 Å². The number of rotatable bonds is 5. The molecule has 1 aliphatic rings. The summed E-state index contributed by atoms with van der Waals surface area (Å²) in [6.45, 7) is 9.01. The molecule has 1 aromatic carbocycles. The molecule has 0 unspecified atom stereocenters. The fourth-order valence-electron chi connectivity index (χ4n) is 3.00. The first-order chi connectivity index (χ1) is 11.1. The van der Waals surface area contributed by atoms with Gasteiger partial charge < -0.3 is 4.57 Å². The molecule has 0 aliphatic carbocycles. The van der Waals surface area contributed by atoms with Gasteiger partial charge in [0, 0.05) is 18.1 Å². The third-order valence-electron chi connectivity index (χ3n) is 4.48. The second kappa shape index (κ2) is 6.24. The van der Waals surface area contributed by atoms with Crippen LogP contribution in [0.15, 0.2) is 41.9 Å². The highest BCUT2D eigenvalue weighted by Crippen LogP contribution is 2.37. The van der Waals surface area contributed by atoms with Crippen molar-refractivity contribution in [3.05, 3.63) is 41.9 Å². The maximum atomic E-state index is 12.2. The van der Waals surface area contributed by atoms with E-state index in [4.69, 9.17) is 0 Å². The van der Waals surface area contributed by atoms with Crippen molar-refractivity contribution in [1.82, 2.24) is 4.57 Å². The molecule has 5 heteroatoms. The molecule has 1 saturated heterocycles. The van der Waals surface area contributed by atoms with Gasteiger partial charge in [-0.15, -0.1) is 0 Å². The minimum atomic E-state index is -0.319. The molecule has 0 radical (unpaired) electrons. The zero-order valence-electron chi connectivity index (χ0n) is 13.4. The van der Waals surface area contributed by atoms with Crippen LogP contribution in [0.2, 0.25) is 0 Å². The van der Waals surface area contributed by atoms with E-state index in [1.807, 2.05) is 30.5 Å². The Bertz CT molecular complexity index is 789. The molecule has 3 rings (SSSR count). The Morgan fingerprint density at radius 3 is 2.52 bits per heavy atom. The molecule has 0 bridgehead atoms. The van der Waals surface area contributed by atoms with Gasteiger partial charge in [0.05, 0.1) is 16.1 Å². The average molecular weight is 328 g/mol. The van der Waals surface area contributed by atoms with Gasteiger partial charge in [0.2, 0.25) is 0 Å². The van der Waals surface area contributed by atoms with Gasteiger partial charge in [0.1, 0.15) is 0 Å². The van der Waals surface area contributed by atoms with Crippen molar-refractivity contribution in [2.75, 3.05) is 4.90 Å². The number of aromatic nitrogens is 1. The fourth-order valence-corrected chi connectivity index (χ4v) is 3.66. The van der Waals surface area contributed by atoms with Gasteiger partial charge in [-0.1, -0.05) is 39.3 Å². The second-order valence-electron chi connectivity index (χ2n) is 5.79. The van der Waals surface area contributed by atoms with Gasteiger partial charge in [0.15, 0.2) is 0 Å². The smallest absolute Gasteiger partial charge is 0.298 e. The predicted octanol–water partition coefficient (Wildman–Crippen LogP) is 4.79. The van der Waals surface area contributed by atoms with Crippen LogP contribution in [0.25, 0.3) is 10.9 Å². The van der Waals surface area contributed by atoms with Crippen molar-refractivity contribution >= 4 is 39.5 Å². The Hall–Kier alpha value is -2.01. The predicted molar refractivity (Wildman–Crippen MR) is 95.6 cm³/mol. The van der Waals surface area contributed by atoms with E-state index in [1.165, 1.54) is 4.90 Å². The van der Waals surface area contributed by atoms with Crippen molar-refractivity contribution < 1.29 is 9.59 Å². The van der Waals surface area contributed by atoms with Crippen LogP contribution in [0.4, 0.5) is 10.5 Å². The number of thioether (sulfide) groups is 1. The van der Waals surface area contributed by atoms with Crippen LogP contribution in [-0.2, 0) is 11.3 Å². The van der Waals surface area contributed by atoms with Gasteiger partial charge in [-0.25, -0.2) is 4.90 Å². The van der Waals surface area contributed by atoms with Crippen LogP contribution < -0.4 is 4.90 Å². The van der Waals surface area contributed by atoms with Crippen LogP contribution in [0.1, 0.15) is 26.7 Å². The molecule has 1 aliphatic heterocycles. The molecule has 1 fully saturated rings. The van der Waals surface area contributed by atoms with E-state index in [0.717, 1.165) is 42.1 Å². The number of fused-ring (bicyclic) bond motifs is 1. The van der Waals surface area contributed by atoms with Crippen molar-refractivity contribution in [2.45, 2.75) is 33.2 Å². The quantitative estimate of drug-likeness (QED) is 0.741. The van der Waals surface area contributed by atoms with Crippen molar-refractivity contribution in [3.63, 3.8) is 0 Å². The zero-order chi connectivity index (χ0) is 16.6. The Morgan fingerprint density at radius 2 is 1.91 bits per heavy atom. The summed E-state index contributed by atoms with van der Waals surface area (Å²) in [5.41, 5.74) is 1.70. The maximum Gasteiger partial charge on any atom is 0.298 e. The second-order valence-corrected chi connectivity index (χ2v) is 6.84. The topological polar surface area (TPSA) is 42.3 Å². The van der Waals surface area contributed by atoms with E-state index in [-0.39, 0.29) is 16.1 Å². The molecule has 23 heavy (non-hydrogen) atoms. The molecular formula is C18H20N2O2S. The van der Waals surface area contributed by atoms with Crippen LogP contribution >= 0.6 is 11.8 Å². The lowest BCUT2D eigenvalue weighted by Gasteiger charge is -2.16. The van der Waals surface area contributed by atoms with E-state index in [0.29, 0.717) is 11.6 Å². The zero-order valence-corrected chi connectivity index (χ0v) is 14.2. The number of benzene rings is 1. The van der Waals surface area contributed by atoms with Crippen LogP contribution in [0, 0.1) is 5.92 Å².